The van der Waals surface area contributed by atoms with Gasteiger partial charge < -0.3 is 20.9 Å². The van der Waals surface area contributed by atoms with Crippen LogP contribution in [0, 0.1) is 26.1 Å². The number of carbonyl (C=O) groups is 2. The van der Waals surface area contributed by atoms with Crippen LogP contribution in [0.15, 0.2) is 48.5 Å². The summed E-state index contributed by atoms with van der Waals surface area (Å²) in [6, 6.07) is 11.0. The molecule has 0 aliphatic heterocycles. The van der Waals surface area contributed by atoms with E-state index < -0.39 is 45.6 Å². The van der Waals surface area contributed by atoms with Gasteiger partial charge in [-0.25, -0.2) is 4.79 Å². The van der Waals surface area contributed by atoms with Crippen LogP contribution in [-0.2, 0) is 19.1 Å². The van der Waals surface area contributed by atoms with Crippen LogP contribution in [0.5, 0.6) is 0 Å². The summed E-state index contributed by atoms with van der Waals surface area (Å²) in [5.41, 5.74) is 10.8. The lowest BCUT2D eigenvalue weighted by molar-refractivity contribution is -0.385. The van der Waals surface area contributed by atoms with Gasteiger partial charge in [-0.2, -0.15) is 0 Å². The molecule has 0 bridgehead atoms. The van der Waals surface area contributed by atoms with Crippen LogP contribution >= 0.6 is 0 Å². The number of nitrogens with two attached hydrogens (primary N) is 2. The molecule has 4 N–H and O–H groups in total. The molecule has 0 aliphatic rings. The highest BCUT2D eigenvalue weighted by molar-refractivity contribution is 5.88. The number of esters is 2. The third kappa shape index (κ3) is 7.06. The number of nitro groups is 2. The van der Waals surface area contributed by atoms with E-state index in [1.165, 1.54) is 48.5 Å². The maximum Gasteiger partial charge on any atom is 0.342 e. The van der Waals surface area contributed by atoms with Crippen molar-refractivity contribution in [2.75, 3.05) is 0 Å². The van der Waals surface area contributed by atoms with E-state index in [0.717, 1.165) is 0 Å². The first-order valence-electron chi connectivity index (χ1n) is 11.4. The summed E-state index contributed by atoms with van der Waals surface area (Å²) in [4.78, 5) is 46.6. The summed E-state index contributed by atoms with van der Waals surface area (Å²) in [6.45, 7) is 5.02. The molecule has 0 saturated carbocycles. The number of ether oxygens (including phenoxy) is 2. The Balaban J connectivity index is 2.16. The van der Waals surface area contributed by atoms with Crippen molar-refractivity contribution in [2.45, 2.75) is 57.9 Å². The second-order valence-electron chi connectivity index (χ2n) is 8.45. The van der Waals surface area contributed by atoms with E-state index in [4.69, 9.17) is 20.9 Å². The highest BCUT2D eigenvalue weighted by Crippen LogP contribution is 2.28. The van der Waals surface area contributed by atoms with Gasteiger partial charge in [0.15, 0.2) is 5.66 Å². The van der Waals surface area contributed by atoms with Gasteiger partial charge in [0.05, 0.1) is 15.8 Å². The number of nitro benzene ring substituents is 2. The molecule has 2 aromatic carbocycles. The Labute approximate surface area is 207 Å². The molecule has 0 fully saturated rings. The zero-order valence-corrected chi connectivity index (χ0v) is 20.3. The average molecular weight is 503 g/mol. The first-order chi connectivity index (χ1) is 16.9. The van der Waals surface area contributed by atoms with Crippen molar-refractivity contribution in [3.05, 3.63) is 79.9 Å². The predicted molar refractivity (Wildman–Crippen MR) is 129 cm³/mol. The Hall–Kier alpha value is -3.90. The molecule has 0 spiro atoms. The Morgan fingerprint density at radius 3 is 1.67 bits per heavy atom. The maximum absolute atomic E-state index is 13.1. The van der Waals surface area contributed by atoms with Crippen molar-refractivity contribution in [3.8, 4) is 0 Å². The maximum atomic E-state index is 13.1. The minimum atomic E-state index is -2.21. The average Bonchev–Trinajstić information content (AvgIpc) is 2.84. The van der Waals surface area contributed by atoms with Gasteiger partial charge >= 0.3 is 11.9 Å². The summed E-state index contributed by atoms with van der Waals surface area (Å²) in [7, 11) is 0. The third-order valence-electron chi connectivity index (χ3n) is 5.78. The highest BCUT2D eigenvalue weighted by Gasteiger charge is 2.46. The second-order valence-corrected chi connectivity index (χ2v) is 8.45. The van der Waals surface area contributed by atoms with Crippen LogP contribution in [0.1, 0.15) is 63.4 Å². The standard InChI is InChI=1S/C24H30N4O8/c1-4-5-6-21(22(29)35-15(2)17-7-11-19(12-8-17)27(31)32)24(25,26)23(30)36-16(3)18-9-13-20(14-10-18)28(33)34/h7-16,21H,4-6,25-26H2,1-3H3. The fourth-order valence-electron chi connectivity index (χ4n) is 3.49. The zero-order chi connectivity index (χ0) is 27.0. The van der Waals surface area contributed by atoms with Crippen LogP contribution in [0.2, 0.25) is 0 Å². The van der Waals surface area contributed by atoms with E-state index in [1.807, 2.05) is 6.92 Å². The molecule has 2 aromatic rings. The smallest absolute Gasteiger partial charge is 0.342 e. The van der Waals surface area contributed by atoms with Gasteiger partial charge in [0.2, 0.25) is 0 Å². The van der Waals surface area contributed by atoms with Gasteiger partial charge in [0, 0.05) is 24.3 Å². The zero-order valence-electron chi connectivity index (χ0n) is 20.3. The molecule has 12 nitrogen and oxygen atoms in total. The van der Waals surface area contributed by atoms with Crippen molar-refractivity contribution in [1.82, 2.24) is 0 Å². The highest BCUT2D eigenvalue weighted by atomic mass is 16.6. The number of hydrogen-bond donors (Lipinski definition) is 2. The molecular weight excluding hydrogens is 472 g/mol. The second kappa shape index (κ2) is 12.2. The van der Waals surface area contributed by atoms with E-state index >= 15 is 0 Å². The van der Waals surface area contributed by atoms with E-state index in [2.05, 4.69) is 0 Å². The fourth-order valence-corrected chi connectivity index (χ4v) is 3.49. The minimum absolute atomic E-state index is 0.106. The number of carbonyl (C=O) groups excluding carboxylic acids is 2. The van der Waals surface area contributed by atoms with Crippen LogP contribution in [0.25, 0.3) is 0 Å². The quantitative estimate of drug-likeness (QED) is 0.186. The van der Waals surface area contributed by atoms with E-state index in [1.54, 1.807) is 13.8 Å². The Kier molecular flexibility index (Phi) is 9.59. The van der Waals surface area contributed by atoms with E-state index in [-0.39, 0.29) is 17.8 Å². The van der Waals surface area contributed by atoms with Gasteiger partial charge in [-0.3, -0.25) is 25.0 Å². The summed E-state index contributed by atoms with van der Waals surface area (Å²) < 4.78 is 10.9. The number of non-ortho nitro benzene ring substituents is 2. The number of unbranched alkanes of at least 4 members (excludes halogenated alkanes) is 1. The number of nitrogens with zero attached hydrogens (tertiary/aromatic N) is 2. The molecule has 194 valence electrons. The summed E-state index contributed by atoms with van der Waals surface area (Å²) >= 11 is 0. The Morgan fingerprint density at radius 1 is 0.861 bits per heavy atom. The van der Waals surface area contributed by atoms with Crippen molar-refractivity contribution in [3.63, 3.8) is 0 Å². The van der Waals surface area contributed by atoms with Crippen molar-refractivity contribution in [2.24, 2.45) is 17.4 Å². The SMILES string of the molecule is CCCCC(C(=O)OC(C)c1ccc([N+](=O)[O-])cc1)C(N)(N)C(=O)OC(C)c1ccc([N+](=O)[O-])cc1. The molecule has 36 heavy (non-hydrogen) atoms. The lowest BCUT2D eigenvalue weighted by atomic mass is 9.88. The van der Waals surface area contributed by atoms with Crippen LogP contribution < -0.4 is 11.5 Å². The molecule has 0 aliphatic carbocycles. The summed E-state index contributed by atoms with van der Waals surface area (Å²) in [5.74, 6) is -3.07. The molecule has 0 radical (unpaired) electrons. The van der Waals surface area contributed by atoms with E-state index in [9.17, 15) is 29.8 Å². The number of rotatable bonds is 12. The van der Waals surface area contributed by atoms with Gasteiger partial charge in [0.25, 0.3) is 11.4 Å². The lowest BCUT2D eigenvalue weighted by Gasteiger charge is -2.32. The minimum Gasteiger partial charge on any atom is -0.457 e. The van der Waals surface area contributed by atoms with Crippen molar-refractivity contribution >= 4 is 23.3 Å². The number of benzene rings is 2. The largest absolute Gasteiger partial charge is 0.457 e. The van der Waals surface area contributed by atoms with Crippen LogP contribution in [-0.4, -0.2) is 27.4 Å². The summed E-state index contributed by atoms with van der Waals surface area (Å²) in [6.07, 6.45) is -0.227. The van der Waals surface area contributed by atoms with Crippen LogP contribution in [0.3, 0.4) is 0 Å². The molecule has 0 aromatic heterocycles. The van der Waals surface area contributed by atoms with Gasteiger partial charge in [-0.05, 0) is 55.7 Å². The molecule has 2 rings (SSSR count). The lowest BCUT2D eigenvalue weighted by Crippen LogP contribution is -2.64. The molecule has 3 unspecified atom stereocenters. The third-order valence-corrected chi connectivity index (χ3v) is 5.78. The topological polar surface area (TPSA) is 191 Å². The van der Waals surface area contributed by atoms with Crippen LogP contribution in [0.4, 0.5) is 11.4 Å². The monoisotopic (exact) mass is 502 g/mol. The molecule has 0 saturated heterocycles. The summed E-state index contributed by atoms with van der Waals surface area (Å²) in [5, 5.41) is 21.7. The predicted octanol–water partition coefficient (Wildman–Crippen LogP) is 3.83. The molecule has 12 heteroatoms. The van der Waals surface area contributed by atoms with Gasteiger partial charge in [-0.1, -0.05) is 19.8 Å². The Bertz CT molecular complexity index is 1090. The van der Waals surface area contributed by atoms with Gasteiger partial charge in [0.1, 0.15) is 12.2 Å². The van der Waals surface area contributed by atoms with Crippen molar-refractivity contribution in [1.29, 1.82) is 0 Å². The first-order valence-corrected chi connectivity index (χ1v) is 11.4. The normalized spacial score (nSPS) is 13.8. The molecular formula is C24H30N4O8. The first kappa shape index (κ1) is 28.3. The van der Waals surface area contributed by atoms with Crippen molar-refractivity contribution < 1.29 is 28.9 Å². The number of hydrogen-bond acceptors (Lipinski definition) is 10. The molecule has 0 amide bonds. The van der Waals surface area contributed by atoms with E-state index in [0.29, 0.717) is 24.0 Å². The molecule has 0 heterocycles. The van der Waals surface area contributed by atoms with Gasteiger partial charge in [-0.15, -0.1) is 0 Å². The fraction of sp³-hybridized carbons (Fsp3) is 0.417. The molecule has 3 atom stereocenters. The Morgan fingerprint density at radius 2 is 1.28 bits per heavy atom.